The van der Waals surface area contributed by atoms with Crippen LogP contribution < -0.4 is 10.1 Å². The van der Waals surface area contributed by atoms with Crippen LogP contribution in [0, 0.1) is 6.92 Å². The second kappa shape index (κ2) is 5.06. The van der Waals surface area contributed by atoms with Crippen molar-refractivity contribution in [1.82, 2.24) is 4.98 Å². The van der Waals surface area contributed by atoms with E-state index >= 15 is 0 Å². The van der Waals surface area contributed by atoms with Crippen molar-refractivity contribution in [3.63, 3.8) is 0 Å². The third-order valence-electron chi connectivity index (χ3n) is 2.42. The minimum absolute atomic E-state index is 0.596. The Morgan fingerprint density at radius 1 is 1.24 bits per heavy atom. The lowest BCUT2D eigenvalue weighted by Crippen LogP contribution is -1.94. The number of aryl methyl sites for hydroxylation is 1. The monoisotopic (exact) mass is 248 g/mol. The normalized spacial score (nSPS) is 10.1. The molecule has 4 heteroatoms. The van der Waals surface area contributed by atoms with Gasteiger partial charge in [-0.15, -0.1) is 0 Å². The molecule has 0 bridgehead atoms. The van der Waals surface area contributed by atoms with E-state index in [1.54, 1.807) is 13.3 Å². The number of rotatable bonds is 3. The van der Waals surface area contributed by atoms with Gasteiger partial charge in [-0.05, 0) is 30.7 Å². The number of aromatic nitrogens is 1. The fourth-order valence-electron chi connectivity index (χ4n) is 1.46. The summed E-state index contributed by atoms with van der Waals surface area (Å²) in [4.78, 5) is 4.13. The molecule has 1 heterocycles. The zero-order chi connectivity index (χ0) is 12.3. The summed E-state index contributed by atoms with van der Waals surface area (Å²) in [6.07, 6.45) is 1.72. The predicted octanol–water partition coefficient (Wildman–Crippen LogP) is 3.80. The van der Waals surface area contributed by atoms with Crippen molar-refractivity contribution in [2.75, 3.05) is 12.4 Å². The van der Waals surface area contributed by atoms with Crippen molar-refractivity contribution in [3.05, 3.63) is 47.1 Å². The van der Waals surface area contributed by atoms with Gasteiger partial charge in [0.05, 0.1) is 19.0 Å². The Bertz CT molecular complexity index is 511. The molecule has 0 radical (unpaired) electrons. The summed E-state index contributed by atoms with van der Waals surface area (Å²) >= 11 is 5.96. The van der Waals surface area contributed by atoms with E-state index < -0.39 is 0 Å². The van der Waals surface area contributed by atoms with E-state index in [9.17, 15) is 0 Å². The van der Waals surface area contributed by atoms with Crippen LogP contribution in [0.5, 0.6) is 5.88 Å². The van der Waals surface area contributed by atoms with Gasteiger partial charge in [0, 0.05) is 16.8 Å². The topological polar surface area (TPSA) is 34.1 Å². The van der Waals surface area contributed by atoms with Crippen LogP contribution in [0.4, 0.5) is 11.4 Å². The second-order valence-corrected chi connectivity index (χ2v) is 4.11. The fourth-order valence-corrected chi connectivity index (χ4v) is 1.63. The third-order valence-corrected chi connectivity index (χ3v) is 2.66. The molecule has 0 atom stereocenters. The average Bonchev–Trinajstić information content (AvgIpc) is 2.35. The summed E-state index contributed by atoms with van der Waals surface area (Å²) in [7, 11) is 1.59. The number of hydrogen-bond acceptors (Lipinski definition) is 3. The molecule has 2 aromatic rings. The lowest BCUT2D eigenvalue weighted by Gasteiger charge is -2.09. The number of halogens is 1. The molecule has 0 aliphatic heterocycles. The van der Waals surface area contributed by atoms with Gasteiger partial charge in [-0.1, -0.05) is 17.7 Å². The number of nitrogens with one attached hydrogen (secondary N) is 1. The minimum Gasteiger partial charge on any atom is -0.481 e. The van der Waals surface area contributed by atoms with Crippen LogP contribution >= 0.6 is 11.6 Å². The van der Waals surface area contributed by atoms with E-state index in [2.05, 4.69) is 10.3 Å². The Hall–Kier alpha value is -1.74. The molecule has 1 N–H and O–H groups in total. The first-order valence-electron chi connectivity index (χ1n) is 5.22. The van der Waals surface area contributed by atoms with E-state index in [4.69, 9.17) is 16.3 Å². The fraction of sp³-hybridized carbons (Fsp3) is 0.154. The molecule has 0 amide bonds. The van der Waals surface area contributed by atoms with Crippen LogP contribution in [-0.2, 0) is 0 Å². The number of benzene rings is 1. The molecule has 1 aromatic carbocycles. The van der Waals surface area contributed by atoms with E-state index in [0.717, 1.165) is 16.9 Å². The Kier molecular flexibility index (Phi) is 3.49. The first kappa shape index (κ1) is 11.7. The van der Waals surface area contributed by atoms with Gasteiger partial charge in [0.1, 0.15) is 0 Å². The van der Waals surface area contributed by atoms with Crippen LogP contribution in [0.1, 0.15) is 5.56 Å². The highest BCUT2D eigenvalue weighted by Crippen LogP contribution is 2.24. The number of methoxy groups -OCH3 is 1. The highest BCUT2D eigenvalue weighted by atomic mass is 35.5. The Morgan fingerprint density at radius 2 is 2.06 bits per heavy atom. The SMILES string of the molecule is COc1ccc(Nc2cc(Cl)ccc2C)cn1. The number of anilines is 2. The summed E-state index contributed by atoms with van der Waals surface area (Å²) in [5, 5.41) is 3.97. The van der Waals surface area contributed by atoms with Gasteiger partial charge in [0.2, 0.25) is 5.88 Å². The molecule has 2 rings (SSSR count). The van der Waals surface area contributed by atoms with Gasteiger partial charge in [0.25, 0.3) is 0 Å². The predicted molar refractivity (Wildman–Crippen MR) is 70.3 cm³/mol. The first-order chi connectivity index (χ1) is 8.19. The smallest absolute Gasteiger partial charge is 0.213 e. The largest absolute Gasteiger partial charge is 0.481 e. The number of nitrogens with zero attached hydrogens (tertiary/aromatic N) is 1. The summed E-state index contributed by atoms with van der Waals surface area (Å²) < 4.78 is 5.00. The van der Waals surface area contributed by atoms with Crippen molar-refractivity contribution >= 4 is 23.0 Å². The van der Waals surface area contributed by atoms with E-state index in [0.29, 0.717) is 10.9 Å². The molecule has 0 saturated carbocycles. The lowest BCUT2D eigenvalue weighted by molar-refractivity contribution is 0.398. The quantitative estimate of drug-likeness (QED) is 0.897. The van der Waals surface area contributed by atoms with Crippen LogP contribution in [0.2, 0.25) is 5.02 Å². The Morgan fingerprint density at radius 3 is 2.71 bits per heavy atom. The van der Waals surface area contributed by atoms with E-state index in [-0.39, 0.29) is 0 Å². The molecule has 0 unspecified atom stereocenters. The van der Waals surface area contributed by atoms with Crippen LogP contribution in [0.25, 0.3) is 0 Å². The van der Waals surface area contributed by atoms with E-state index in [1.165, 1.54) is 0 Å². The molecule has 0 saturated heterocycles. The molecule has 1 aromatic heterocycles. The van der Waals surface area contributed by atoms with Crippen molar-refractivity contribution in [1.29, 1.82) is 0 Å². The van der Waals surface area contributed by atoms with Crippen LogP contribution in [0.15, 0.2) is 36.5 Å². The first-order valence-corrected chi connectivity index (χ1v) is 5.60. The summed E-state index contributed by atoms with van der Waals surface area (Å²) in [5.74, 6) is 0.596. The van der Waals surface area contributed by atoms with Gasteiger partial charge < -0.3 is 10.1 Å². The number of ether oxygens (including phenoxy) is 1. The zero-order valence-corrected chi connectivity index (χ0v) is 10.5. The van der Waals surface area contributed by atoms with Gasteiger partial charge in [-0.2, -0.15) is 0 Å². The molecule has 0 aliphatic rings. The Labute approximate surface area is 105 Å². The molecular weight excluding hydrogens is 236 g/mol. The molecule has 3 nitrogen and oxygen atoms in total. The molecular formula is C13H13ClN2O. The highest BCUT2D eigenvalue weighted by Gasteiger charge is 2.01. The summed E-state index contributed by atoms with van der Waals surface area (Å²) in [6, 6.07) is 9.45. The standard InChI is InChI=1S/C13H13ClN2O/c1-9-3-4-10(14)7-12(9)16-11-5-6-13(17-2)15-8-11/h3-8,16H,1-2H3. The van der Waals surface area contributed by atoms with Crippen molar-refractivity contribution < 1.29 is 4.74 Å². The zero-order valence-electron chi connectivity index (χ0n) is 9.70. The number of pyridine rings is 1. The molecule has 0 fully saturated rings. The highest BCUT2D eigenvalue weighted by molar-refractivity contribution is 6.30. The molecule has 88 valence electrons. The Balaban J connectivity index is 2.22. The van der Waals surface area contributed by atoms with Crippen LogP contribution in [0.3, 0.4) is 0 Å². The van der Waals surface area contributed by atoms with Gasteiger partial charge in [-0.25, -0.2) is 4.98 Å². The van der Waals surface area contributed by atoms with E-state index in [1.807, 2.05) is 37.3 Å². The van der Waals surface area contributed by atoms with Gasteiger partial charge >= 0.3 is 0 Å². The number of hydrogen-bond donors (Lipinski definition) is 1. The molecule has 17 heavy (non-hydrogen) atoms. The lowest BCUT2D eigenvalue weighted by atomic mass is 10.2. The minimum atomic E-state index is 0.596. The average molecular weight is 249 g/mol. The van der Waals surface area contributed by atoms with Crippen LogP contribution in [-0.4, -0.2) is 12.1 Å². The summed E-state index contributed by atoms with van der Waals surface area (Å²) in [5.41, 5.74) is 3.01. The summed E-state index contributed by atoms with van der Waals surface area (Å²) in [6.45, 7) is 2.02. The molecule has 0 spiro atoms. The van der Waals surface area contributed by atoms with Crippen molar-refractivity contribution in [2.24, 2.45) is 0 Å². The van der Waals surface area contributed by atoms with Gasteiger partial charge in [0.15, 0.2) is 0 Å². The van der Waals surface area contributed by atoms with Crippen molar-refractivity contribution in [2.45, 2.75) is 6.92 Å². The maximum Gasteiger partial charge on any atom is 0.213 e. The third kappa shape index (κ3) is 2.88. The maximum atomic E-state index is 5.96. The van der Waals surface area contributed by atoms with Gasteiger partial charge in [-0.3, -0.25) is 0 Å². The molecule has 0 aliphatic carbocycles. The maximum absolute atomic E-state index is 5.96. The van der Waals surface area contributed by atoms with Crippen molar-refractivity contribution in [3.8, 4) is 5.88 Å². The second-order valence-electron chi connectivity index (χ2n) is 3.67.